The number of amides is 1. The summed E-state index contributed by atoms with van der Waals surface area (Å²) in [5.41, 5.74) is 1.66. The Kier molecular flexibility index (Phi) is 8.13. The molecule has 2 aliphatic heterocycles. The Bertz CT molecular complexity index is 1360. The summed E-state index contributed by atoms with van der Waals surface area (Å²) in [4.78, 5) is 28.2. The number of hydrogen-bond acceptors (Lipinski definition) is 10. The summed E-state index contributed by atoms with van der Waals surface area (Å²) in [6.45, 7) is 4.26. The first-order valence-corrected chi connectivity index (χ1v) is 13.4. The third-order valence-electron chi connectivity index (χ3n) is 6.86. The van der Waals surface area contributed by atoms with Crippen molar-refractivity contribution in [1.29, 1.82) is 0 Å². The van der Waals surface area contributed by atoms with Gasteiger partial charge in [-0.25, -0.2) is 15.0 Å². The van der Waals surface area contributed by atoms with Crippen molar-refractivity contribution in [3.05, 3.63) is 28.4 Å². The van der Waals surface area contributed by atoms with E-state index in [1.54, 1.807) is 12.3 Å². The van der Waals surface area contributed by atoms with Gasteiger partial charge in [-0.05, 0) is 19.5 Å². The molecule has 11 nitrogen and oxygen atoms in total. The first-order valence-electron chi connectivity index (χ1n) is 12.6. The Balaban J connectivity index is 1.56. The van der Waals surface area contributed by atoms with Crippen LogP contribution < -0.4 is 25.4 Å². The largest absolute Gasteiger partial charge is 0.495 e. The Hall–Kier alpha value is -3.12. The lowest BCUT2D eigenvalue weighted by atomic mass is 10.0. The average Bonchev–Trinajstić information content (AvgIpc) is 2.89. The molecule has 3 aromatic rings. The second-order valence-corrected chi connectivity index (χ2v) is 10.5. The molecule has 208 valence electrons. The van der Waals surface area contributed by atoms with Gasteiger partial charge in [-0.1, -0.05) is 23.2 Å². The van der Waals surface area contributed by atoms with Crippen LogP contribution in [0.25, 0.3) is 22.2 Å². The van der Waals surface area contributed by atoms with Gasteiger partial charge in [0, 0.05) is 49.8 Å². The van der Waals surface area contributed by atoms with E-state index in [-0.39, 0.29) is 24.0 Å². The van der Waals surface area contributed by atoms with Gasteiger partial charge in [0.05, 0.1) is 54.7 Å². The molecule has 13 heteroatoms. The molecule has 0 radical (unpaired) electrons. The van der Waals surface area contributed by atoms with Crippen LogP contribution in [0.3, 0.4) is 0 Å². The van der Waals surface area contributed by atoms with Gasteiger partial charge in [0.1, 0.15) is 17.0 Å². The number of anilines is 2. The Morgan fingerprint density at radius 2 is 1.79 bits per heavy atom. The fraction of sp³-hybridized carbons (Fsp3) is 0.462. The highest BCUT2D eigenvalue weighted by Crippen LogP contribution is 2.46. The molecule has 3 N–H and O–H groups in total. The fourth-order valence-corrected chi connectivity index (χ4v) is 5.61. The maximum Gasteiger partial charge on any atom is 0.223 e. The van der Waals surface area contributed by atoms with E-state index in [0.717, 1.165) is 18.5 Å². The highest BCUT2D eigenvalue weighted by atomic mass is 35.5. The maximum atomic E-state index is 11.7. The zero-order valence-corrected chi connectivity index (χ0v) is 23.7. The van der Waals surface area contributed by atoms with E-state index in [2.05, 4.69) is 32.9 Å². The van der Waals surface area contributed by atoms with Crippen molar-refractivity contribution >= 4 is 51.8 Å². The number of halogens is 2. The van der Waals surface area contributed by atoms with Crippen LogP contribution >= 0.6 is 23.2 Å². The standard InChI is InChI=1S/C26H31Cl2N7O4/c1-13(36)30-16-5-6-39-12-18(16)33-26-29-9-14-7-17(21-22(27)19(37-3)8-20(38-4)23(21)28)32-25(24(14)34-26)31-15-10-35(2)11-15/h7-9,15-16,18H,5-6,10-12H2,1-4H3,(H,30,36)(H,31,32)(H,29,33,34)/t16-,18+/m0/s1. The second-order valence-electron chi connectivity index (χ2n) is 9.76. The topological polar surface area (TPSA) is 123 Å². The molecule has 0 aliphatic carbocycles. The summed E-state index contributed by atoms with van der Waals surface area (Å²) < 4.78 is 16.6. The molecule has 4 heterocycles. The number of ether oxygens (including phenoxy) is 3. The van der Waals surface area contributed by atoms with Crippen LogP contribution in [0.5, 0.6) is 11.5 Å². The molecule has 0 unspecified atom stereocenters. The van der Waals surface area contributed by atoms with Crippen molar-refractivity contribution in [2.24, 2.45) is 0 Å². The predicted octanol–water partition coefficient (Wildman–Crippen LogP) is 3.45. The highest BCUT2D eigenvalue weighted by Gasteiger charge is 2.29. The highest BCUT2D eigenvalue weighted by molar-refractivity contribution is 6.41. The quantitative estimate of drug-likeness (QED) is 0.368. The Morgan fingerprint density at radius 3 is 2.44 bits per heavy atom. The smallest absolute Gasteiger partial charge is 0.223 e. The summed E-state index contributed by atoms with van der Waals surface area (Å²) in [5, 5.41) is 11.2. The number of aromatic nitrogens is 3. The Morgan fingerprint density at radius 1 is 1.08 bits per heavy atom. The molecule has 0 saturated carbocycles. The van der Waals surface area contributed by atoms with Crippen molar-refractivity contribution in [2.45, 2.75) is 31.5 Å². The minimum atomic E-state index is -0.175. The van der Waals surface area contributed by atoms with E-state index >= 15 is 0 Å². The van der Waals surface area contributed by atoms with Gasteiger partial charge in [-0.3, -0.25) is 4.79 Å². The number of carbonyl (C=O) groups is 1. The summed E-state index contributed by atoms with van der Waals surface area (Å²) >= 11 is 13.4. The fourth-order valence-electron chi connectivity index (χ4n) is 4.91. The molecule has 1 aromatic carbocycles. The molecule has 2 fully saturated rings. The molecule has 2 saturated heterocycles. The average molecular weight is 576 g/mol. The lowest BCUT2D eigenvalue weighted by molar-refractivity contribution is -0.120. The van der Waals surface area contributed by atoms with E-state index in [9.17, 15) is 4.79 Å². The third kappa shape index (κ3) is 5.76. The lowest BCUT2D eigenvalue weighted by Gasteiger charge is -2.37. The van der Waals surface area contributed by atoms with E-state index in [1.165, 1.54) is 21.1 Å². The number of nitrogens with zero attached hydrogens (tertiary/aromatic N) is 4. The lowest BCUT2D eigenvalue weighted by Crippen LogP contribution is -2.52. The minimum Gasteiger partial charge on any atom is -0.495 e. The molecule has 2 aliphatic rings. The molecule has 5 rings (SSSR count). The van der Waals surface area contributed by atoms with Crippen LogP contribution in [-0.4, -0.2) is 91.5 Å². The molecular formula is C26H31Cl2N7O4. The van der Waals surface area contributed by atoms with Crippen molar-refractivity contribution < 1.29 is 19.0 Å². The van der Waals surface area contributed by atoms with E-state index in [0.29, 0.717) is 69.7 Å². The van der Waals surface area contributed by atoms with Crippen LogP contribution in [0.2, 0.25) is 10.0 Å². The number of benzene rings is 1. The van der Waals surface area contributed by atoms with E-state index in [1.807, 2.05) is 6.07 Å². The first-order chi connectivity index (χ1) is 18.8. The minimum absolute atomic E-state index is 0.0895. The van der Waals surface area contributed by atoms with Gasteiger partial charge < -0.3 is 35.1 Å². The van der Waals surface area contributed by atoms with Crippen molar-refractivity contribution in [1.82, 2.24) is 25.2 Å². The van der Waals surface area contributed by atoms with Crippen LogP contribution in [0.1, 0.15) is 13.3 Å². The van der Waals surface area contributed by atoms with Gasteiger partial charge in [0.15, 0.2) is 5.82 Å². The molecule has 0 spiro atoms. The molecule has 2 atom stereocenters. The summed E-state index contributed by atoms with van der Waals surface area (Å²) in [6.07, 6.45) is 2.42. The first kappa shape index (κ1) is 27.4. The van der Waals surface area contributed by atoms with Crippen molar-refractivity contribution in [3.8, 4) is 22.8 Å². The maximum absolute atomic E-state index is 11.7. The molecule has 0 bridgehead atoms. The number of likely N-dealkylation sites (N-methyl/N-ethyl adjacent to an activating group) is 1. The van der Waals surface area contributed by atoms with Gasteiger partial charge in [0.25, 0.3) is 0 Å². The molecule has 39 heavy (non-hydrogen) atoms. The van der Waals surface area contributed by atoms with Gasteiger partial charge in [-0.2, -0.15) is 0 Å². The Labute approximate surface area is 236 Å². The van der Waals surface area contributed by atoms with Crippen LogP contribution in [0.15, 0.2) is 18.3 Å². The van der Waals surface area contributed by atoms with E-state index in [4.69, 9.17) is 47.4 Å². The SMILES string of the molecule is COc1cc(OC)c(Cl)c(-c2cc3cnc(N[C@@H]4COCC[C@@H]4NC(C)=O)nc3c(NC3CN(C)C3)n2)c1Cl. The number of pyridine rings is 1. The number of carbonyl (C=O) groups excluding carboxylic acids is 1. The third-order valence-corrected chi connectivity index (χ3v) is 7.61. The summed E-state index contributed by atoms with van der Waals surface area (Å²) in [7, 11) is 5.12. The zero-order valence-electron chi connectivity index (χ0n) is 22.2. The van der Waals surface area contributed by atoms with Crippen LogP contribution in [0.4, 0.5) is 11.8 Å². The summed E-state index contributed by atoms with van der Waals surface area (Å²) in [5.74, 6) is 1.75. The molecule has 1 amide bonds. The van der Waals surface area contributed by atoms with E-state index < -0.39 is 0 Å². The summed E-state index contributed by atoms with van der Waals surface area (Å²) in [6, 6.07) is 3.42. The number of nitrogens with one attached hydrogen (secondary N) is 3. The van der Waals surface area contributed by atoms with Gasteiger partial charge >= 0.3 is 0 Å². The monoisotopic (exact) mass is 575 g/mol. The van der Waals surface area contributed by atoms with Crippen LogP contribution in [0, 0.1) is 0 Å². The van der Waals surface area contributed by atoms with Gasteiger partial charge in [0.2, 0.25) is 11.9 Å². The van der Waals surface area contributed by atoms with Crippen LogP contribution in [-0.2, 0) is 9.53 Å². The molecular weight excluding hydrogens is 545 g/mol. The number of rotatable bonds is 8. The van der Waals surface area contributed by atoms with Crippen molar-refractivity contribution in [2.75, 3.05) is 58.2 Å². The molecule has 2 aromatic heterocycles. The number of methoxy groups -OCH3 is 2. The number of hydrogen-bond donors (Lipinski definition) is 3. The normalized spacial score (nSPS) is 19.8. The number of likely N-dealkylation sites (tertiary alicyclic amines) is 1. The van der Waals surface area contributed by atoms with Crippen molar-refractivity contribution in [3.63, 3.8) is 0 Å². The number of fused-ring (bicyclic) bond motifs is 1. The zero-order chi connectivity index (χ0) is 27.7. The van der Waals surface area contributed by atoms with Gasteiger partial charge in [-0.15, -0.1) is 0 Å². The predicted molar refractivity (Wildman–Crippen MR) is 151 cm³/mol. The second kappa shape index (κ2) is 11.5.